The number of hydrogen-bond acceptors (Lipinski definition) is 5. The summed E-state index contributed by atoms with van der Waals surface area (Å²) in [6.07, 6.45) is 9.75. The number of hydrogen-bond donors (Lipinski definition) is 1. The fourth-order valence-corrected chi connectivity index (χ4v) is 2.96. The number of aromatic nitrogens is 2. The molecule has 128 valence electrons. The minimum Gasteiger partial charge on any atom is -0.396 e. The predicted molar refractivity (Wildman–Crippen MR) is 93.3 cm³/mol. The molecular formula is C17H18Cl2N2O3. The van der Waals surface area contributed by atoms with Crippen LogP contribution in [-0.2, 0) is 4.74 Å². The van der Waals surface area contributed by atoms with E-state index in [0.717, 1.165) is 24.2 Å². The maximum Gasteiger partial charge on any atom is 0.147 e. The summed E-state index contributed by atoms with van der Waals surface area (Å²) in [5.74, 6) is 1.26. The average molecular weight is 369 g/mol. The molecule has 1 aliphatic rings. The van der Waals surface area contributed by atoms with Gasteiger partial charge in [-0.2, -0.15) is 0 Å². The summed E-state index contributed by atoms with van der Waals surface area (Å²) in [6.45, 7) is 1.10. The van der Waals surface area contributed by atoms with E-state index in [1.165, 1.54) is 0 Å². The molecule has 2 aromatic rings. The molecule has 3 rings (SSSR count). The molecule has 1 saturated carbocycles. The highest BCUT2D eigenvalue weighted by molar-refractivity contribution is 6.39. The van der Waals surface area contributed by atoms with E-state index >= 15 is 0 Å². The minimum absolute atomic E-state index is 0.129. The van der Waals surface area contributed by atoms with Crippen LogP contribution < -0.4 is 0 Å². The van der Waals surface area contributed by atoms with Gasteiger partial charge in [0.05, 0.1) is 16.7 Å². The Labute approximate surface area is 150 Å². The highest BCUT2D eigenvalue weighted by atomic mass is 35.5. The van der Waals surface area contributed by atoms with E-state index in [0.29, 0.717) is 46.9 Å². The van der Waals surface area contributed by atoms with Crippen LogP contribution in [0.1, 0.15) is 36.5 Å². The van der Waals surface area contributed by atoms with Crippen LogP contribution in [0.3, 0.4) is 0 Å². The van der Waals surface area contributed by atoms with E-state index in [1.807, 2.05) is 12.2 Å². The van der Waals surface area contributed by atoms with Crippen molar-refractivity contribution in [3.05, 3.63) is 39.8 Å². The van der Waals surface area contributed by atoms with E-state index < -0.39 is 0 Å². The van der Waals surface area contributed by atoms with Crippen molar-refractivity contribution in [2.75, 3.05) is 19.8 Å². The van der Waals surface area contributed by atoms with E-state index in [2.05, 4.69) is 10.1 Å². The second-order valence-corrected chi connectivity index (χ2v) is 6.43. The standard InChI is InChI=1S/C17H18Cl2N2O3/c18-13-9-20-10-14(19)15(13)16-12(3-1-7-23-8-2-6-22)17(24-21-16)11-4-5-11/h1,3,9-11,22H,2,4-8H2/b3-1+. The number of aliphatic hydroxyl groups is 1. The van der Waals surface area contributed by atoms with Gasteiger partial charge >= 0.3 is 0 Å². The molecule has 2 aromatic heterocycles. The molecule has 0 radical (unpaired) electrons. The molecule has 0 aliphatic heterocycles. The SMILES string of the molecule is OCCCOC/C=C/c1c(-c2c(Cl)cncc2Cl)noc1C1CC1. The maximum atomic E-state index is 8.74. The van der Waals surface area contributed by atoms with E-state index in [9.17, 15) is 0 Å². The zero-order chi connectivity index (χ0) is 16.9. The predicted octanol–water partition coefficient (Wildman–Crippen LogP) is 4.33. The first kappa shape index (κ1) is 17.4. The Kier molecular flexibility index (Phi) is 5.89. The quantitative estimate of drug-likeness (QED) is 0.702. The van der Waals surface area contributed by atoms with Gasteiger partial charge in [-0.3, -0.25) is 4.98 Å². The van der Waals surface area contributed by atoms with Crippen molar-refractivity contribution < 1.29 is 14.4 Å². The highest BCUT2D eigenvalue weighted by Gasteiger charge is 2.32. The Morgan fingerprint density at radius 1 is 1.29 bits per heavy atom. The molecule has 0 aromatic carbocycles. The van der Waals surface area contributed by atoms with Gasteiger partial charge in [-0.25, -0.2) is 0 Å². The number of nitrogens with zero attached hydrogens (tertiary/aromatic N) is 2. The van der Waals surface area contributed by atoms with Crippen LogP contribution >= 0.6 is 23.2 Å². The van der Waals surface area contributed by atoms with Crippen molar-refractivity contribution in [3.8, 4) is 11.3 Å². The monoisotopic (exact) mass is 368 g/mol. The van der Waals surface area contributed by atoms with E-state index in [1.54, 1.807) is 12.4 Å². The first-order valence-corrected chi connectivity index (χ1v) is 8.62. The zero-order valence-electron chi connectivity index (χ0n) is 13.0. The van der Waals surface area contributed by atoms with Gasteiger partial charge < -0.3 is 14.4 Å². The van der Waals surface area contributed by atoms with Gasteiger partial charge in [0.1, 0.15) is 11.5 Å². The highest BCUT2D eigenvalue weighted by Crippen LogP contribution is 2.46. The molecular weight excluding hydrogens is 351 g/mol. The summed E-state index contributed by atoms with van der Waals surface area (Å²) in [5, 5.41) is 13.8. The smallest absolute Gasteiger partial charge is 0.147 e. The van der Waals surface area contributed by atoms with Gasteiger partial charge in [0.2, 0.25) is 0 Å². The summed E-state index contributed by atoms with van der Waals surface area (Å²) in [6, 6.07) is 0. The topological polar surface area (TPSA) is 68.4 Å². The van der Waals surface area contributed by atoms with Gasteiger partial charge in [-0.05, 0) is 19.3 Å². The van der Waals surface area contributed by atoms with Crippen LogP contribution in [-0.4, -0.2) is 35.1 Å². The lowest BCUT2D eigenvalue weighted by molar-refractivity contribution is 0.139. The fraction of sp³-hybridized carbons (Fsp3) is 0.412. The van der Waals surface area contributed by atoms with Gasteiger partial charge in [0.25, 0.3) is 0 Å². The second kappa shape index (κ2) is 8.12. The number of rotatable bonds is 8. The number of aliphatic hydroxyl groups excluding tert-OH is 1. The number of ether oxygens (including phenoxy) is 1. The molecule has 0 saturated heterocycles. The van der Waals surface area contributed by atoms with Crippen molar-refractivity contribution in [3.63, 3.8) is 0 Å². The van der Waals surface area contributed by atoms with Crippen molar-refractivity contribution in [1.82, 2.24) is 10.1 Å². The van der Waals surface area contributed by atoms with Crippen molar-refractivity contribution in [2.24, 2.45) is 0 Å². The Balaban J connectivity index is 1.86. The summed E-state index contributed by atoms with van der Waals surface area (Å²) >= 11 is 12.5. The summed E-state index contributed by atoms with van der Waals surface area (Å²) in [4.78, 5) is 3.98. The van der Waals surface area contributed by atoms with E-state index in [4.69, 9.17) is 37.6 Å². The van der Waals surface area contributed by atoms with Gasteiger partial charge in [-0.1, -0.05) is 40.5 Å². The minimum atomic E-state index is 0.129. The Hall–Kier alpha value is -1.40. The second-order valence-electron chi connectivity index (χ2n) is 5.62. The third kappa shape index (κ3) is 3.98. The molecule has 0 bridgehead atoms. The van der Waals surface area contributed by atoms with Crippen LogP contribution in [0, 0.1) is 0 Å². The number of pyridine rings is 1. The lowest BCUT2D eigenvalue weighted by Gasteiger charge is -2.04. The van der Waals surface area contributed by atoms with Crippen molar-refractivity contribution in [2.45, 2.75) is 25.2 Å². The third-order valence-corrected chi connectivity index (χ3v) is 4.31. The first-order valence-electron chi connectivity index (χ1n) is 7.86. The molecule has 1 fully saturated rings. The largest absolute Gasteiger partial charge is 0.396 e. The van der Waals surface area contributed by atoms with Crippen LogP contribution in [0.25, 0.3) is 17.3 Å². The molecule has 0 spiro atoms. The molecule has 1 N–H and O–H groups in total. The maximum absolute atomic E-state index is 8.74. The molecule has 0 atom stereocenters. The van der Waals surface area contributed by atoms with E-state index in [-0.39, 0.29) is 6.61 Å². The molecule has 24 heavy (non-hydrogen) atoms. The fourth-order valence-electron chi connectivity index (χ4n) is 2.41. The average Bonchev–Trinajstić information content (AvgIpc) is 3.33. The Morgan fingerprint density at radius 3 is 2.71 bits per heavy atom. The van der Waals surface area contributed by atoms with Gasteiger partial charge in [0, 0.05) is 42.7 Å². The van der Waals surface area contributed by atoms with Gasteiger partial charge in [0.15, 0.2) is 0 Å². The summed E-state index contributed by atoms with van der Waals surface area (Å²) in [5.41, 5.74) is 2.14. The molecule has 1 aliphatic carbocycles. The summed E-state index contributed by atoms with van der Waals surface area (Å²) in [7, 11) is 0. The van der Waals surface area contributed by atoms with Crippen LogP contribution in [0.15, 0.2) is 23.0 Å². The Bertz CT molecular complexity index is 706. The lowest BCUT2D eigenvalue weighted by Crippen LogP contribution is -1.96. The lowest BCUT2D eigenvalue weighted by atomic mass is 10.0. The number of halogens is 2. The summed E-state index contributed by atoms with van der Waals surface area (Å²) < 4.78 is 11.0. The first-order chi connectivity index (χ1) is 11.7. The molecule has 0 unspecified atom stereocenters. The van der Waals surface area contributed by atoms with Crippen LogP contribution in [0.4, 0.5) is 0 Å². The molecule has 5 nitrogen and oxygen atoms in total. The van der Waals surface area contributed by atoms with Gasteiger partial charge in [-0.15, -0.1) is 0 Å². The molecule has 0 amide bonds. The van der Waals surface area contributed by atoms with Crippen molar-refractivity contribution >= 4 is 29.3 Å². The zero-order valence-corrected chi connectivity index (χ0v) is 14.6. The molecule has 2 heterocycles. The third-order valence-electron chi connectivity index (χ3n) is 3.74. The van der Waals surface area contributed by atoms with Crippen molar-refractivity contribution in [1.29, 1.82) is 0 Å². The Morgan fingerprint density at radius 2 is 2.04 bits per heavy atom. The van der Waals surface area contributed by atoms with Crippen LogP contribution in [0.5, 0.6) is 0 Å². The molecule has 7 heteroatoms. The van der Waals surface area contributed by atoms with Crippen LogP contribution in [0.2, 0.25) is 10.0 Å². The normalized spacial score (nSPS) is 14.6.